The molecule has 0 aromatic heterocycles. The van der Waals surface area contributed by atoms with Gasteiger partial charge >= 0.3 is 0 Å². The van der Waals surface area contributed by atoms with Crippen molar-refractivity contribution in [3.8, 4) is 0 Å². The largest absolute Gasteiger partial charge is 0.265 e. The molecule has 0 fully saturated rings. The Labute approximate surface area is 88.6 Å². The molecule has 0 saturated carbocycles. The molecule has 0 amide bonds. The fourth-order valence-corrected chi connectivity index (χ4v) is 1.36. The van der Waals surface area contributed by atoms with Crippen molar-refractivity contribution in [1.29, 1.82) is 0 Å². The van der Waals surface area contributed by atoms with Crippen molar-refractivity contribution in [3.63, 3.8) is 0 Å². The van der Waals surface area contributed by atoms with Gasteiger partial charge in [0.1, 0.15) is 0 Å². The van der Waals surface area contributed by atoms with Crippen LogP contribution >= 0.6 is 0 Å². The number of hydrogen-bond acceptors (Lipinski definition) is 1. The second-order valence-corrected chi connectivity index (χ2v) is 3.49. The monoisotopic (exact) mass is 193 g/mol. The predicted octanol–water partition coefficient (Wildman–Crippen LogP) is 4.51. The van der Waals surface area contributed by atoms with Gasteiger partial charge in [-0.2, -0.15) is 0 Å². The third-order valence-electron chi connectivity index (χ3n) is 2.29. The first-order chi connectivity index (χ1) is 6.85. The minimum atomic E-state index is 1.15. The van der Waals surface area contributed by atoms with Gasteiger partial charge in [0, 0.05) is 12.4 Å². The summed E-state index contributed by atoms with van der Waals surface area (Å²) < 4.78 is 0. The maximum absolute atomic E-state index is 4.03. The van der Waals surface area contributed by atoms with Crippen LogP contribution in [0.5, 0.6) is 0 Å². The molecule has 0 radical (unpaired) electrons. The fourth-order valence-electron chi connectivity index (χ4n) is 1.36. The van der Waals surface area contributed by atoms with Crippen molar-refractivity contribution >= 4 is 6.21 Å². The van der Waals surface area contributed by atoms with Crippen LogP contribution in [-0.4, -0.2) is 6.21 Å². The average molecular weight is 193 g/mol. The Bertz CT molecular complexity index is 189. The molecular weight excluding hydrogens is 170 g/mol. The molecule has 0 aliphatic rings. The van der Waals surface area contributed by atoms with E-state index in [4.69, 9.17) is 0 Å². The van der Waals surface area contributed by atoms with Gasteiger partial charge in [-0.25, -0.2) is 0 Å². The van der Waals surface area contributed by atoms with Crippen LogP contribution in [0.3, 0.4) is 0 Å². The molecule has 0 N–H and O–H groups in total. The van der Waals surface area contributed by atoms with Crippen molar-refractivity contribution < 1.29 is 0 Å². The van der Waals surface area contributed by atoms with E-state index in [1.165, 1.54) is 37.7 Å². The smallest absolute Gasteiger partial charge is 0.0296 e. The van der Waals surface area contributed by atoms with Crippen LogP contribution in [0.4, 0.5) is 0 Å². The van der Waals surface area contributed by atoms with E-state index in [2.05, 4.69) is 31.5 Å². The molecule has 0 aromatic rings. The predicted molar refractivity (Wildman–Crippen MR) is 65.8 cm³/mol. The van der Waals surface area contributed by atoms with Crippen LogP contribution in [0, 0.1) is 0 Å². The fraction of sp³-hybridized carbons (Fsp3) is 0.615. The summed E-state index contributed by atoms with van der Waals surface area (Å²) in [6.45, 7) is 7.87. The van der Waals surface area contributed by atoms with Crippen molar-refractivity contribution in [2.24, 2.45) is 4.99 Å². The lowest BCUT2D eigenvalue weighted by Gasteiger charge is -2.00. The molecule has 1 nitrogen and oxygen atoms in total. The van der Waals surface area contributed by atoms with Crippen LogP contribution in [0.15, 0.2) is 29.4 Å². The minimum absolute atomic E-state index is 1.15. The topological polar surface area (TPSA) is 12.4 Å². The number of nitrogens with zero attached hydrogens (tertiary/aromatic N) is 1. The van der Waals surface area contributed by atoms with E-state index in [9.17, 15) is 0 Å². The Kier molecular flexibility index (Phi) is 9.61. The summed E-state index contributed by atoms with van der Waals surface area (Å²) in [4.78, 5) is 4.03. The summed E-state index contributed by atoms with van der Waals surface area (Å²) in [6, 6.07) is 0. The summed E-state index contributed by atoms with van der Waals surface area (Å²) in [6.07, 6.45) is 13.4. The first kappa shape index (κ1) is 13.2. The zero-order valence-electron chi connectivity index (χ0n) is 9.63. The number of aliphatic imine (C=N–C) groups is 1. The molecular formula is C13H23N. The molecule has 0 aliphatic carbocycles. The normalized spacial score (nSPS) is 12.3. The Morgan fingerprint density at radius 1 is 1.21 bits per heavy atom. The highest BCUT2D eigenvalue weighted by molar-refractivity contribution is 5.78. The SMILES string of the molecule is C=CN=C/C(=C\C)CCCCCCC. The van der Waals surface area contributed by atoms with Crippen molar-refractivity contribution in [2.75, 3.05) is 0 Å². The van der Waals surface area contributed by atoms with Gasteiger partial charge in [-0.15, -0.1) is 0 Å². The zero-order chi connectivity index (χ0) is 10.6. The van der Waals surface area contributed by atoms with Gasteiger partial charge < -0.3 is 0 Å². The Morgan fingerprint density at radius 2 is 1.93 bits per heavy atom. The van der Waals surface area contributed by atoms with Gasteiger partial charge in [0.2, 0.25) is 0 Å². The first-order valence-corrected chi connectivity index (χ1v) is 5.64. The molecule has 14 heavy (non-hydrogen) atoms. The Balaban J connectivity index is 3.54. The quantitative estimate of drug-likeness (QED) is 0.397. The summed E-state index contributed by atoms with van der Waals surface area (Å²) in [5.41, 5.74) is 1.32. The van der Waals surface area contributed by atoms with Crippen LogP contribution in [0.2, 0.25) is 0 Å². The van der Waals surface area contributed by atoms with Gasteiger partial charge in [-0.3, -0.25) is 4.99 Å². The number of allylic oxidation sites excluding steroid dienone is 2. The first-order valence-electron chi connectivity index (χ1n) is 5.64. The van der Waals surface area contributed by atoms with E-state index >= 15 is 0 Å². The molecule has 0 bridgehead atoms. The molecule has 0 saturated heterocycles. The third-order valence-corrected chi connectivity index (χ3v) is 2.29. The summed E-state index contributed by atoms with van der Waals surface area (Å²) >= 11 is 0. The summed E-state index contributed by atoms with van der Waals surface area (Å²) in [5.74, 6) is 0. The molecule has 0 unspecified atom stereocenters. The molecule has 0 atom stereocenters. The van der Waals surface area contributed by atoms with Gasteiger partial charge in [0.25, 0.3) is 0 Å². The molecule has 1 heteroatoms. The third kappa shape index (κ3) is 7.78. The highest BCUT2D eigenvalue weighted by Crippen LogP contribution is 2.09. The highest BCUT2D eigenvalue weighted by atomic mass is 14.7. The maximum atomic E-state index is 4.03. The van der Waals surface area contributed by atoms with E-state index in [0.29, 0.717) is 0 Å². The minimum Gasteiger partial charge on any atom is -0.265 e. The van der Waals surface area contributed by atoms with Crippen LogP contribution < -0.4 is 0 Å². The number of hydrogen-bond donors (Lipinski definition) is 0. The lowest BCUT2D eigenvalue weighted by Crippen LogP contribution is -1.86. The van der Waals surface area contributed by atoms with E-state index in [-0.39, 0.29) is 0 Å². The van der Waals surface area contributed by atoms with Gasteiger partial charge in [-0.05, 0) is 25.3 Å². The van der Waals surface area contributed by atoms with Crippen molar-refractivity contribution in [2.45, 2.75) is 52.4 Å². The lowest BCUT2D eigenvalue weighted by atomic mass is 10.1. The zero-order valence-corrected chi connectivity index (χ0v) is 9.63. The molecule has 0 heterocycles. The number of rotatable bonds is 8. The summed E-state index contributed by atoms with van der Waals surface area (Å²) in [7, 11) is 0. The Morgan fingerprint density at radius 3 is 2.50 bits per heavy atom. The Hall–Kier alpha value is -0.850. The lowest BCUT2D eigenvalue weighted by molar-refractivity contribution is 0.634. The van der Waals surface area contributed by atoms with E-state index in [0.717, 1.165) is 6.42 Å². The van der Waals surface area contributed by atoms with Gasteiger partial charge in [-0.1, -0.05) is 45.3 Å². The van der Waals surface area contributed by atoms with Gasteiger partial charge in [0.15, 0.2) is 0 Å². The van der Waals surface area contributed by atoms with Crippen molar-refractivity contribution in [3.05, 3.63) is 24.4 Å². The maximum Gasteiger partial charge on any atom is 0.0296 e. The second kappa shape index (κ2) is 10.2. The van der Waals surface area contributed by atoms with Crippen LogP contribution in [0.1, 0.15) is 52.4 Å². The van der Waals surface area contributed by atoms with E-state index < -0.39 is 0 Å². The average Bonchev–Trinajstić information content (AvgIpc) is 2.22. The van der Waals surface area contributed by atoms with E-state index in [1.54, 1.807) is 6.20 Å². The highest BCUT2D eigenvalue weighted by Gasteiger charge is 1.92. The molecule has 0 rings (SSSR count). The van der Waals surface area contributed by atoms with Crippen molar-refractivity contribution in [1.82, 2.24) is 0 Å². The molecule has 0 spiro atoms. The summed E-state index contributed by atoms with van der Waals surface area (Å²) in [5, 5.41) is 0. The van der Waals surface area contributed by atoms with Crippen LogP contribution in [0.25, 0.3) is 0 Å². The van der Waals surface area contributed by atoms with Crippen LogP contribution in [-0.2, 0) is 0 Å². The second-order valence-electron chi connectivity index (χ2n) is 3.49. The number of unbranched alkanes of at least 4 members (excludes halogenated alkanes) is 4. The molecule has 80 valence electrons. The van der Waals surface area contributed by atoms with Gasteiger partial charge in [0.05, 0.1) is 0 Å². The van der Waals surface area contributed by atoms with E-state index in [1.807, 2.05) is 6.21 Å². The standard InChI is InChI=1S/C13H23N/c1-4-7-8-9-10-11-13(5-2)12-14-6-3/h5-6,12H,3-4,7-11H2,1-2H3/b13-5-,14-12?. The molecule has 0 aromatic carbocycles. The molecule has 0 aliphatic heterocycles.